The third kappa shape index (κ3) is 2.81. The molecule has 0 fully saturated rings. The van der Waals surface area contributed by atoms with Crippen molar-refractivity contribution in [2.24, 2.45) is 5.73 Å². The average Bonchev–Trinajstić information content (AvgIpc) is 2.96. The molecule has 2 N–H and O–H groups in total. The Morgan fingerprint density at radius 1 is 1.44 bits per heavy atom. The fourth-order valence-corrected chi connectivity index (χ4v) is 2.87. The van der Waals surface area contributed by atoms with Crippen molar-refractivity contribution in [2.45, 2.75) is 13.0 Å². The van der Waals surface area contributed by atoms with E-state index in [1.807, 2.05) is 6.20 Å². The number of aromatic nitrogens is 1. The van der Waals surface area contributed by atoms with Gasteiger partial charge in [0.05, 0.1) is 0 Å². The van der Waals surface area contributed by atoms with E-state index in [1.165, 1.54) is 4.88 Å². The topological polar surface area (TPSA) is 42.2 Å². The maximum atomic E-state index is 5.57. The van der Waals surface area contributed by atoms with Gasteiger partial charge in [-0.25, -0.2) is 4.98 Å². The summed E-state index contributed by atoms with van der Waals surface area (Å²) >= 11 is 3.48. The van der Waals surface area contributed by atoms with E-state index >= 15 is 0 Å². The summed E-state index contributed by atoms with van der Waals surface area (Å²) in [6.45, 7) is 1.58. The molecule has 2 heterocycles. The number of hydrogen-bond donors (Lipinski definition) is 1. The zero-order chi connectivity index (χ0) is 11.4. The minimum Gasteiger partial charge on any atom is -0.351 e. The van der Waals surface area contributed by atoms with Crippen LogP contribution in [0.4, 0.5) is 5.13 Å². The molecule has 16 heavy (non-hydrogen) atoms. The molecule has 0 bridgehead atoms. The van der Waals surface area contributed by atoms with Crippen LogP contribution in [0.3, 0.4) is 0 Å². The Balaban J connectivity index is 1.90. The van der Waals surface area contributed by atoms with Gasteiger partial charge >= 0.3 is 0 Å². The van der Waals surface area contributed by atoms with Crippen molar-refractivity contribution in [3.63, 3.8) is 0 Å². The Morgan fingerprint density at radius 3 is 2.94 bits per heavy atom. The van der Waals surface area contributed by atoms with Gasteiger partial charge in [-0.05, 0) is 17.9 Å². The van der Waals surface area contributed by atoms with Crippen LogP contribution in [-0.2, 0) is 13.0 Å². The molecular weight excluding hydrogens is 238 g/mol. The molecule has 0 aliphatic carbocycles. The Kier molecular flexibility index (Phi) is 3.93. The molecule has 2 rings (SSSR count). The van der Waals surface area contributed by atoms with E-state index in [2.05, 4.69) is 34.4 Å². The summed E-state index contributed by atoms with van der Waals surface area (Å²) in [7, 11) is 2.08. The van der Waals surface area contributed by atoms with E-state index in [0.29, 0.717) is 6.54 Å². The van der Waals surface area contributed by atoms with Crippen LogP contribution in [0.5, 0.6) is 0 Å². The van der Waals surface area contributed by atoms with Crippen LogP contribution >= 0.6 is 22.7 Å². The van der Waals surface area contributed by atoms with Crippen LogP contribution in [0.1, 0.15) is 9.75 Å². The molecule has 0 unspecified atom stereocenters. The smallest absolute Gasteiger partial charge is 0.185 e. The van der Waals surface area contributed by atoms with E-state index in [4.69, 9.17) is 5.73 Å². The number of hydrogen-bond acceptors (Lipinski definition) is 5. The largest absolute Gasteiger partial charge is 0.351 e. The summed E-state index contributed by atoms with van der Waals surface area (Å²) in [5.74, 6) is 0. The molecule has 0 saturated heterocycles. The second-order valence-corrected chi connectivity index (χ2v) is 5.69. The molecule has 86 valence electrons. The highest BCUT2D eigenvalue weighted by atomic mass is 32.1. The third-order valence-electron chi connectivity index (χ3n) is 2.34. The zero-order valence-corrected chi connectivity index (χ0v) is 10.9. The summed E-state index contributed by atoms with van der Waals surface area (Å²) in [5.41, 5.74) is 5.57. The summed E-state index contributed by atoms with van der Waals surface area (Å²) < 4.78 is 0. The zero-order valence-electron chi connectivity index (χ0n) is 9.22. The lowest BCUT2D eigenvalue weighted by atomic mass is 10.3. The molecule has 2 aromatic heterocycles. The van der Waals surface area contributed by atoms with Gasteiger partial charge in [-0.3, -0.25) is 0 Å². The first-order valence-electron chi connectivity index (χ1n) is 5.18. The van der Waals surface area contributed by atoms with Gasteiger partial charge in [0, 0.05) is 36.1 Å². The van der Waals surface area contributed by atoms with Gasteiger partial charge in [-0.2, -0.15) is 0 Å². The molecule has 2 aromatic rings. The van der Waals surface area contributed by atoms with Crippen molar-refractivity contribution in [3.05, 3.63) is 33.5 Å². The van der Waals surface area contributed by atoms with Crippen LogP contribution in [0, 0.1) is 0 Å². The SMILES string of the molecule is CN(CCc1cccs1)c1ncc(CN)s1. The fourth-order valence-electron chi connectivity index (χ4n) is 1.40. The minimum atomic E-state index is 0.580. The van der Waals surface area contributed by atoms with Crippen molar-refractivity contribution in [1.29, 1.82) is 0 Å². The van der Waals surface area contributed by atoms with Crippen molar-refractivity contribution in [1.82, 2.24) is 4.98 Å². The van der Waals surface area contributed by atoms with Crippen molar-refractivity contribution < 1.29 is 0 Å². The van der Waals surface area contributed by atoms with Crippen LogP contribution in [0.25, 0.3) is 0 Å². The van der Waals surface area contributed by atoms with Gasteiger partial charge in [0.2, 0.25) is 0 Å². The minimum absolute atomic E-state index is 0.580. The normalized spacial score (nSPS) is 10.6. The Labute approximate surface area is 104 Å². The highest BCUT2D eigenvalue weighted by Gasteiger charge is 2.06. The quantitative estimate of drug-likeness (QED) is 0.889. The number of rotatable bonds is 5. The first-order chi connectivity index (χ1) is 7.79. The van der Waals surface area contributed by atoms with Crippen LogP contribution in [0.2, 0.25) is 0 Å². The summed E-state index contributed by atoms with van der Waals surface area (Å²) in [6, 6.07) is 4.27. The van der Waals surface area contributed by atoms with E-state index in [1.54, 1.807) is 22.7 Å². The number of thiazole rings is 1. The van der Waals surface area contributed by atoms with Crippen LogP contribution < -0.4 is 10.6 Å². The predicted octanol–water partition coefficient (Wildman–Crippen LogP) is 2.34. The van der Waals surface area contributed by atoms with Gasteiger partial charge in [0.1, 0.15) is 0 Å². The molecule has 0 radical (unpaired) electrons. The standard InChI is InChI=1S/C11H15N3S2/c1-14(5-4-9-3-2-6-15-9)11-13-8-10(7-12)16-11/h2-3,6,8H,4-5,7,12H2,1H3. The first-order valence-corrected chi connectivity index (χ1v) is 6.87. The summed E-state index contributed by atoms with van der Waals surface area (Å²) in [4.78, 5) is 9.09. The van der Waals surface area contributed by atoms with Gasteiger partial charge in [-0.1, -0.05) is 6.07 Å². The lowest BCUT2D eigenvalue weighted by Gasteiger charge is -2.14. The third-order valence-corrected chi connectivity index (χ3v) is 4.41. The summed E-state index contributed by atoms with van der Waals surface area (Å²) in [6.07, 6.45) is 2.94. The lowest BCUT2D eigenvalue weighted by molar-refractivity contribution is 0.881. The number of anilines is 1. The van der Waals surface area contributed by atoms with Gasteiger partial charge in [-0.15, -0.1) is 22.7 Å². The number of nitrogens with zero attached hydrogens (tertiary/aromatic N) is 2. The monoisotopic (exact) mass is 253 g/mol. The Bertz CT molecular complexity index is 422. The number of thiophene rings is 1. The highest BCUT2D eigenvalue weighted by Crippen LogP contribution is 2.21. The van der Waals surface area contributed by atoms with Crippen LogP contribution in [0.15, 0.2) is 23.7 Å². The van der Waals surface area contributed by atoms with Gasteiger partial charge in [0.15, 0.2) is 5.13 Å². The lowest BCUT2D eigenvalue weighted by Crippen LogP contribution is -2.19. The van der Waals surface area contributed by atoms with E-state index in [9.17, 15) is 0 Å². The van der Waals surface area contributed by atoms with E-state index in [-0.39, 0.29) is 0 Å². The second-order valence-electron chi connectivity index (χ2n) is 3.56. The van der Waals surface area contributed by atoms with Crippen molar-refractivity contribution >= 4 is 27.8 Å². The molecule has 0 aliphatic rings. The maximum Gasteiger partial charge on any atom is 0.185 e. The average molecular weight is 253 g/mol. The Morgan fingerprint density at radius 2 is 2.31 bits per heavy atom. The first kappa shape index (κ1) is 11.6. The fraction of sp³-hybridized carbons (Fsp3) is 0.364. The molecule has 0 aliphatic heterocycles. The van der Waals surface area contributed by atoms with Crippen molar-refractivity contribution in [3.8, 4) is 0 Å². The molecular formula is C11H15N3S2. The highest BCUT2D eigenvalue weighted by molar-refractivity contribution is 7.15. The second kappa shape index (κ2) is 5.43. The van der Waals surface area contributed by atoms with Gasteiger partial charge < -0.3 is 10.6 Å². The Hall–Kier alpha value is -0.910. The van der Waals surface area contributed by atoms with Crippen molar-refractivity contribution in [2.75, 3.05) is 18.5 Å². The van der Waals surface area contributed by atoms with E-state index < -0.39 is 0 Å². The van der Waals surface area contributed by atoms with Crippen LogP contribution in [-0.4, -0.2) is 18.6 Å². The number of nitrogens with two attached hydrogens (primary N) is 1. The predicted molar refractivity (Wildman–Crippen MR) is 71.3 cm³/mol. The maximum absolute atomic E-state index is 5.57. The molecule has 0 saturated carbocycles. The molecule has 0 amide bonds. The molecule has 0 atom stereocenters. The van der Waals surface area contributed by atoms with E-state index in [0.717, 1.165) is 23.0 Å². The molecule has 5 heteroatoms. The van der Waals surface area contributed by atoms with Gasteiger partial charge in [0.25, 0.3) is 0 Å². The molecule has 0 spiro atoms. The molecule has 0 aromatic carbocycles. The molecule has 3 nitrogen and oxygen atoms in total. The summed E-state index contributed by atoms with van der Waals surface area (Å²) in [5, 5.41) is 3.17. The number of likely N-dealkylation sites (N-methyl/N-ethyl adjacent to an activating group) is 1.